The van der Waals surface area contributed by atoms with E-state index in [1.807, 2.05) is 0 Å². The van der Waals surface area contributed by atoms with Gasteiger partial charge in [-0.05, 0) is 30.3 Å². The van der Waals surface area contributed by atoms with Gasteiger partial charge in [0.05, 0.1) is 22.8 Å². The molecule has 0 unspecified atom stereocenters. The van der Waals surface area contributed by atoms with E-state index in [9.17, 15) is 9.18 Å². The number of benzene rings is 1. The third-order valence-electron chi connectivity index (χ3n) is 3.01. The van der Waals surface area contributed by atoms with Crippen LogP contribution in [0.1, 0.15) is 5.69 Å². The molecule has 0 bridgehead atoms. The van der Waals surface area contributed by atoms with Crippen LogP contribution in [0.3, 0.4) is 0 Å². The van der Waals surface area contributed by atoms with Crippen LogP contribution in [0.15, 0.2) is 42.7 Å². The Morgan fingerprint density at radius 1 is 1.23 bits per heavy atom. The maximum absolute atomic E-state index is 13.1. The van der Waals surface area contributed by atoms with Gasteiger partial charge in [-0.15, -0.1) is 0 Å². The number of fused-ring (bicyclic) bond motifs is 1. The standard InChI is InChI=1S/C15H10Cl2FN3O/c16-9-1-3-12(17)13(5-9)20-15(22)6-11-8-21-7-10(18)2-4-14(21)19-11/h1-5,7-8H,6H2,(H,20,22). The van der Waals surface area contributed by atoms with Gasteiger partial charge in [-0.1, -0.05) is 23.2 Å². The number of pyridine rings is 1. The fourth-order valence-corrected chi connectivity index (χ4v) is 2.39. The van der Waals surface area contributed by atoms with Gasteiger partial charge in [0.25, 0.3) is 0 Å². The zero-order valence-corrected chi connectivity index (χ0v) is 12.7. The molecule has 0 aliphatic rings. The third-order valence-corrected chi connectivity index (χ3v) is 3.57. The Labute approximate surface area is 135 Å². The first-order chi connectivity index (χ1) is 10.5. The minimum atomic E-state index is -0.369. The summed E-state index contributed by atoms with van der Waals surface area (Å²) in [5.41, 5.74) is 1.54. The van der Waals surface area contributed by atoms with Gasteiger partial charge < -0.3 is 9.72 Å². The molecule has 1 aromatic carbocycles. The van der Waals surface area contributed by atoms with E-state index in [4.69, 9.17) is 23.2 Å². The summed E-state index contributed by atoms with van der Waals surface area (Å²) in [5, 5.41) is 3.55. The zero-order valence-electron chi connectivity index (χ0n) is 11.2. The number of imidazole rings is 1. The third kappa shape index (κ3) is 3.21. The summed E-state index contributed by atoms with van der Waals surface area (Å²) in [7, 11) is 0. The van der Waals surface area contributed by atoms with Gasteiger partial charge in [0.2, 0.25) is 5.91 Å². The van der Waals surface area contributed by atoms with Crippen LogP contribution in [0.25, 0.3) is 5.65 Å². The number of anilines is 1. The lowest BCUT2D eigenvalue weighted by atomic mass is 10.3. The number of carbonyl (C=O) groups is 1. The lowest BCUT2D eigenvalue weighted by Crippen LogP contribution is -2.14. The number of aromatic nitrogens is 2. The second kappa shape index (κ2) is 5.94. The molecule has 0 fully saturated rings. The van der Waals surface area contributed by atoms with E-state index in [0.29, 0.717) is 27.1 Å². The minimum Gasteiger partial charge on any atom is -0.324 e. The molecule has 0 aliphatic heterocycles. The van der Waals surface area contributed by atoms with Crippen molar-refractivity contribution in [2.24, 2.45) is 0 Å². The summed E-state index contributed by atoms with van der Waals surface area (Å²) in [4.78, 5) is 16.3. The normalized spacial score (nSPS) is 10.9. The Bertz CT molecular complexity index is 863. The van der Waals surface area contributed by atoms with Gasteiger partial charge in [0.1, 0.15) is 11.5 Å². The molecule has 1 N–H and O–H groups in total. The largest absolute Gasteiger partial charge is 0.324 e. The fourth-order valence-electron chi connectivity index (χ4n) is 2.05. The highest BCUT2D eigenvalue weighted by atomic mass is 35.5. The smallest absolute Gasteiger partial charge is 0.230 e. The van der Waals surface area contributed by atoms with Crippen molar-refractivity contribution in [2.75, 3.05) is 5.32 Å². The van der Waals surface area contributed by atoms with E-state index in [1.54, 1.807) is 30.5 Å². The lowest BCUT2D eigenvalue weighted by molar-refractivity contribution is -0.115. The number of hydrogen-bond donors (Lipinski definition) is 1. The molecule has 4 nitrogen and oxygen atoms in total. The summed E-state index contributed by atoms with van der Waals surface area (Å²) in [6, 6.07) is 7.67. The molecule has 0 spiro atoms. The van der Waals surface area contributed by atoms with Gasteiger partial charge in [-0.3, -0.25) is 4.79 Å². The van der Waals surface area contributed by atoms with E-state index in [1.165, 1.54) is 16.7 Å². The molecule has 0 atom stereocenters. The SMILES string of the molecule is O=C(Cc1cn2cc(F)ccc2n1)Nc1cc(Cl)ccc1Cl. The van der Waals surface area contributed by atoms with E-state index in [0.717, 1.165) is 0 Å². The van der Waals surface area contributed by atoms with Crippen LogP contribution in [0.4, 0.5) is 10.1 Å². The Morgan fingerprint density at radius 3 is 2.86 bits per heavy atom. The van der Waals surface area contributed by atoms with Gasteiger partial charge in [0.15, 0.2) is 0 Å². The molecular formula is C15H10Cl2FN3O. The second-order valence-electron chi connectivity index (χ2n) is 4.69. The molecule has 3 rings (SSSR count). The van der Waals surface area contributed by atoms with Crippen LogP contribution in [0.5, 0.6) is 0 Å². The van der Waals surface area contributed by atoms with Gasteiger partial charge in [-0.25, -0.2) is 9.37 Å². The summed E-state index contributed by atoms with van der Waals surface area (Å²) in [5.74, 6) is -0.653. The molecule has 7 heteroatoms. The number of carbonyl (C=O) groups excluding carboxylic acids is 1. The molecular weight excluding hydrogens is 328 g/mol. The summed E-state index contributed by atoms with van der Waals surface area (Å²) >= 11 is 11.9. The van der Waals surface area contributed by atoms with Gasteiger partial charge in [0, 0.05) is 17.4 Å². The molecule has 0 aliphatic carbocycles. The van der Waals surface area contributed by atoms with E-state index in [2.05, 4.69) is 10.3 Å². The molecule has 0 saturated carbocycles. The predicted molar refractivity (Wildman–Crippen MR) is 83.9 cm³/mol. The van der Waals surface area contributed by atoms with Crippen molar-refractivity contribution < 1.29 is 9.18 Å². The average Bonchev–Trinajstić information content (AvgIpc) is 2.84. The Hall–Kier alpha value is -2.11. The first kappa shape index (κ1) is 14.8. The molecule has 0 saturated heterocycles. The summed E-state index contributed by atoms with van der Waals surface area (Å²) in [6.45, 7) is 0. The monoisotopic (exact) mass is 337 g/mol. The first-order valence-corrected chi connectivity index (χ1v) is 7.15. The minimum absolute atomic E-state index is 0.0478. The Morgan fingerprint density at radius 2 is 2.05 bits per heavy atom. The van der Waals surface area contributed by atoms with Crippen molar-refractivity contribution in [3.05, 3.63) is 64.3 Å². The quantitative estimate of drug-likeness (QED) is 0.786. The molecule has 2 heterocycles. The molecule has 112 valence electrons. The molecule has 22 heavy (non-hydrogen) atoms. The van der Waals surface area contributed by atoms with Crippen LogP contribution < -0.4 is 5.32 Å². The highest BCUT2D eigenvalue weighted by molar-refractivity contribution is 6.35. The summed E-state index contributed by atoms with van der Waals surface area (Å²) in [6.07, 6.45) is 2.96. The second-order valence-corrected chi connectivity index (χ2v) is 5.54. The van der Waals surface area contributed by atoms with Crippen molar-refractivity contribution in [2.45, 2.75) is 6.42 Å². The zero-order chi connectivity index (χ0) is 15.7. The molecule has 0 radical (unpaired) electrons. The summed E-state index contributed by atoms with van der Waals surface area (Å²) < 4.78 is 14.7. The Balaban J connectivity index is 1.76. The van der Waals surface area contributed by atoms with Crippen LogP contribution in [-0.4, -0.2) is 15.3 Å². The van der Waals surface area contributed by atoms with Crippen molar-refractivity contribution in [1.82, 2.24) is 9.38 Å². The fraction of sp³-hybridized carbons (Fsp3) is 0.0667. The number of nitrogens with one attached hydrogen (secondary N) is 1. The van der Waals surface area contributed by atoms with E-state index in [-0.39, 0.29) is 18.1 Å². The highest BCUT2D eigenvalue weighted by Gasteiger charge is 2.10. The Kier molecular flexibility index (Phi) is 4.00. The van der Waals surface area contributed by atoms with Crippen molar-refractivity contribution in [3.8, 4) is 0 Å². The van der Waals surface area contributed by atoms with Crippen LogP contribution in [0, 0.1) is 5.82 Å². The maximum Gasteiger partial charge on any atom is 0.230 e. The number of hydrogen-bond acceptors (Lipinski definition) is 2. The van der Waals surface area contributed by atoms with Gasteiger partial charge in [-0.2, -0.15) is 0 Å². The van der Waals surface area contributed by atoms with Gasteiger partial charge >= 0.3 is 0 Å². The maximum atomic E-state index is 13.1. The molecule has 3 aromatic rings. The molecule has 1 amide bonds. The lowest BCUT2D eigenvalue weighted by Gasteiger charge is -2.06. The van der Waals surface area contributed by atoms with Crippen LogP contribution in [0.2, 0.25) is 10.0 Å². The highest BCUT2D eigenvalue weighted by Crippen LogP contribution is 2.25. The van der Waals surface area contributed by atoms with E-state index >= 15 is 0 Å². The number of nitrogens with zero attached hydrogens (tertiary/aromatic N) is 2. The number of halogens is 3. The molecule has 2 aromatic heterocycles. The van der Waals surface area contributed by atoms with Crippen LogP contribution >= 0.6 is 23.2 Å². The average molecular weight is 338 g/mol. The van der Waals surface area contributed by atoms with Crippen molar-refractivity contribution >= 4 is 40.4 Å². The van der Waals surface area contributed by atoms with Crippen molar-refractivity contribution in [3.63, 3.8) is 0 Å². The predicted octanol–water partition coefficient (Wildman–Crippen LogP) is 3.96. The van der Waals surface area contributed by atoms with E-state index < -0.39 is 0 Å². The topological polar surface area (TPSA) is 46.4 Å². The number of rotatable bonds is 3. The van der Waals surface area contributed by atoms with Crippen molar-refractivity contribution in [1.29, 1.82) is 0 Å². The first-order valence-electron chi connectivity index (χ1n) is 6.39. The van der Waals surface area contributed by atoms with Crippen LogP contribution in [-0.2, 0) is 11.2 Å². The number of amides is 1.